The van der Waals surface area contributed by atoms with Crippen LogP contribution in [0.1, 0.15) is 35.6 Å². The van der Waals surface area contributed by atoms with Gasteiger partial charge in [0.2, 0.25) is 11.8 Å². The zero-order valence-corrected chi connectivity index (χ0v) is 26.3. The molecule has 0 aliphatic carbocycles. The standard InChI is InChI=1S/C38H43N5O2/c1-40-38(39)43(36-28-32-18-9-10-19-34(32)45-36)33-27-29(20-21-35(33)44-2)13-11-12-22-41-23-25-42(26-24-41)37(30-14-5-3-6-15-30)31-16-7-4-8-17-31/h3-10,14-21,27-28,37H,11-13,22-26H2,1-2H3,(H2,39,40). The zero-order valence-electron chi connectivity index (χ0n) is 26.3. The van der Waals surface area contributed by atoms with Crippen molar-refractivity contribution >= 4 is 28.5 Å². The fourth-order valence-electron chi connectivity index (χ4n) is 6.39. The van der Waals surface area contributed by atoms with Crippen molar-refractivity contribution in [2.75, 3.05) is 51.8 Å². The Kier molecular flexibility index (Phi) is 9.78. The number of aliphatic imine (C=N–C) groups is 1. The van der Waals surface area contributed by atoms with Crippen LogP contribution < -0.4 is 15.4 Å². The lowest BCUT2D eigenvalue weighted by Gasteiger charge is -2.40. The number of rotatable bonds is 11. The lowest BCUT2D eigenvalue weighted by atomic mass is 9.96. The molecule has 7 nitrogen and oxygen atoms in total. The second-order valence-corrected chi connectivity index (χ2v) is 11.6. The number of anilines is 2. The number of hydrogen-bond donors (Lipinski definition) is 1. The van der Waals surface area contributed by atoms with Gasteiger partial charge in [-0.1, -0.05) is 84.9 Å². The van der Waals surface area contributed by atoms with Gasteiger partial charge in [0.05, 0.1) is 18.8 Å². The summed E-state index contributed by atoms with van der Waals surface area (Å²) in [5, 5.41) is 1.01. The molecule has 0 saturated carbocycles. The van der Waals surface area contributed by atoms with Gasteiger partial charge in [-0.2, -0.15) is 0 Å². The van der Waals surface area contributed by atoms with Crippen LogP contribution in [0.3, 0.4) is 0 Å². The molecule has 0 atom stereocenters. The molecule has 0 bridgehead atoms. The molecular formula is C38H43N5O2. The summed E-state index contributed by atoms with van der Waals surface area (Å²) in [6.07, 6.45) is 3.22. The van der Waals surface area contributed by atoms with Gasteiger partial charge in [0.25, 0.3) is 0 Å². The Labute approximate surface area is 266 Å². The molecule has 7 heteroatoms. The summed E-state index contributed by atoms with van der Waals surface area (Å²) in [6.45, 7) is 5.41. The maximum absolute atomic E-state index is 6.43. The molecule has 0 unspecified atom stereocenters. The third kappa shape index (κ3) is 7.06. The van der Waals surface area contributed by atoms with Crippen molar-refractivity contribution in [3.63, 3.8) is 0 Å². The van der Waals surface area contributed by atoms with Crippen LogP contribution in [0.2, 0.25) is 0 Å². The highest BCUT2D eigenvalue weighted by Crippen LogP contribution is 2.37. The van der Waals surface area contributed by atoms with E-state index in [9.17, 15) is 0 Å². The summed E-state index contributed by atoms with van der Waals surface area (Å²) < 4.78 is 11.9. The van der Waals surface area contributed by atoms with Gasteiger partial charge in [0.1, 0.15) is 11.3 Å². The largest absolute Gasteiger partial charge is 0.495 e. The Balaban J connectivity index is 1.07. The highest BCUT2D eigenvalue weighted by atomic mass is 16.5. The number of hydrogen-bond acceptors (Lipinski definition) is 5. The summed E-state index contributed by atoms with van der Waals surface area (Å²) >= 11 is 0. The number of furan rings is 1. The molecule has 0 amide bonds. The number of piperazine rings is 1. The first-order chi connectivity index (χ1) is 22.1. The van der Waals surface area contributed by atoms with Crippen molar-refractivity contribution in [2.24, 2.45) is 10.7 Å². The number of nitrogens with zero attached hydrogens (tertiary/aromatic N) is 4. The number of ether oxygens (including phenoxy) is 1. The van der Waals surface area contributed by atoms with Crippen molar-refractivity contribution in [2.45, 2.75) is 25.3 Å². The van der Waals surface area contributed by atoms with E-state index in [0.717, 1.165) is 68.6 Å². The Bertz CT molecular complexity index is 1620. The number of benzene rings is 4. The number of para-hydroxylation sites is 1. The van der Waals surface area contributed by atoms with Crippen LogP contribution in [0.25, 0.3) is 11.0 Å². The van der Waals surface area contributed by atoms with E-state index < -0.39 is 0 Å². The molecular weight excluding hydrogens is 558 g/mol. The van der Waals surface area contributed by atoms with E-state index in [0.29, 0.717) is 23.6 Å². The number of unbranched alkanes of at least 4 members (excludes halogenated alkanes) is 1. The summed E-state index contributed by atoms with van der Waals surface area (Å²) in [4.78, 5) is 11.4. The number of methoxy groups -OCH3 is 1. The summed E-state index contributed by atoms with van der Waals surface area (Å²) in [6, 6.07) is 38.4. The van der Waals surface area contributed by atoms with Gasteiger partial charge in [-0.15, -0.1) is 0 Å². The zero-order chi connectivity index (χ0) is 31.0. The fraction of sp³-hybridized carbons (Fsp3) is 0.289. The van der Waals surface area contributed by atoms with Crippen LogP contribution in [0.4, 0.5) is 11.6 Å². The molecule has 2 heterocycles. The minimum absolute atomic E-state index is 0.296. The van der Waals surface area contributed by atoms with E-state index in [2.05, 4.69) is 87.6 Å². The lowest BCUT2D eigenvalue weighted by Crippen LogP contribution is -2.48. The van der Waals surface area contributed by atoms with E-state index in [1.807, 2.05) is 41.3 Å². The topological polar surface area (TPSA) is 70.5 Å². The highest BCUT2D eigenvalue weighted by Gasteiger charge is 2.26. The first-order valence-electron chi connectivity index (χ1n) is 15.9. The van der Waals surface area contributed by atoms with E-state index >= 15 is 0 Å². The number of fused-ring (bicyclic) bond motifs is 1. The van der Waals surface area contributed by atoms with Crippen LogP contribution in [-0.2, 0) is 6.42 Å². The third-order valence-electron chi connectivity index (χ3n) is 8.77. The van der Waals surface area contributed by atoms with Crippen molar-refractivity contribution < 1.29 is 9.15 Å². The Morgan fingerprint density at radius 2 is 1.51 bits per heavy atom. The van der Waals surface area contributed by atoms with Crippen LogP contribution in [-0.4, -0.2) is 62.6 Å². The molecule has 1 aliphatic heterocycles. The first-order valence-corrected chi connectivity index (χ1v) is 15.9. The summed E-state index contributed by atoms with van der Waals surface area (Å²) in [7, 11) is 3.36. The average Bonchev–Trinajstić information content (AvgIpc) is 3.52. The van der Waals surface area contributed by atoms with Crippen LogP contribution >= 0.6 is 0 Å². The quantitative estimate of drug-likeness (QED) is 0.0977. The minimum Gasteiger partial charge on any atom is -0.495 e. The Hall–Kier alpha value is -4.59. The van der Waals surface area contributed by atoms with Gasteiger partial charge in [0, 0.05) is 44.7 Å². The summed E-state index contributed by atoms with van der Waals surface area (Å²) in [5.74, 6) is 1.66. The minimum atomic E-state index is 0.296. The fourth-order valence-corrected chi connectivity index (χ4v) is 6.39. The van der Waals surface area contributed by atoms with Gasteiger partial charge in [-0.05, 0) is 60.7 Å². The molecule has 4 aromatic carbocycles. The van der Waals surface area contributed by atoms with Gasteiger partial charge in [-0.3, -0.25) is 9.89 Å². The smallest absolute Gasteiger partial charge is 0.208 e. The van der Waals surface area contributed by atoms with Crippen molar-refractivity contribution in [1.82, 2.24) is 9.80 Å². The maximum Gasteiger partial charge on any atom is 0.208 e. The molecule has 5 aromatic rings. The van der Waals surface area contributed by atoms with Crippen LogP contribution in [0.5, 0.6) is 5.75 Å². The van der Waals surface area contributed by atoms with E-state index in [1.165, 1.54) is 16.7 Å². The molecule has 1 aromatic heterocycles. The Morgan fingerprint density at radius 1 is 0.844 bits per heavy atom. The first kappa shape index (κ1) is 30.4. The predicted octanol–water partition coefficient (Wildman–Crippen LogP) is 7.25. The van der Waals surface area contributed by atoms with Gasteiger partial charge in [-0.25, -0.2) is 4.90 Å². The third-order valence-corrected chi connectivity index (χ3v) is 8.77. The van der Waals surface area contributed by atoms with Crippen molar-refractivity contribution in [3.8, 4) is 5.75 Å². The monoisotopic (exact) mass is 601 g/mol. The second kappa shape index (κ2) is 14.5. The molecule has 6 rings (SSSR count). The van der Waals surface area contributed by atoms with E-state index in [4.69, 9.17) is 14.9 Å². The average molecular weight is 602 g/mol. The lowest BCUT2D eigenvalue weighted by molar-refractivity contribution is 0.108. The van der Waals surface area contributed by atoms with E-state index in [-0.39, 0.29) is 0 Å². The van der Waals surface area contributed by atoms with Crippen molar-refractivity contribution in [1.29, 1.82) is 0 Å². The molecule has 232 valence electrons. The molecule has 0 spiro atoms. The molecule has 1 saturated heterocycles. The molecule has 1 fully saturated rings. The second-order valence-electron chi connectivity index (χ2n) is 11.6. The van der Waals surface area contributed by atoms with Crippen LogP contribution in [0, 0.1) is 0 Å². The molecule has 1 aliphatic rings. The van der Waals surface area contributed by atoms with Gasteiger partial charge >= 0.3 is 0 Å². The van der Waals surface area contributed by atoms with E-state index in [1.54, 1.807) is 14.2 Å². The highest BCUT2D eigenvalue weighted by molar-refractivity contribution is 6.03. The molecule has 0 radical (unpaired) electrons. The van der Waals surface area contributed by atoms with Crippen molar-refractivity contribution in [3.05, 3.63) is 126 Å². The normalized spacial score (nSPS) is 14.7. The molecule has 45 heavy (non-hydrogen) atoms. The van der Waals surface area contributed by atoms with Gasteiger partial charge < -0.3 is 19.8 Å². The summed E-state index contributed by atoms with van der Waals surface area (Å²) in [5.41, 5.74) is 12.0. The number of guanidine groups is 1. The predicted molar refractivity (Wildman–Crippen MR) is 185 cm³/mol. The van der Waals surface area contributed by atoms with Gasteiger partial charge in [0.15, 0.2) is 0 Å². The molecule has 2 N–H and O–H groups in total. The number of aryl methyl sites for hydroxylation is 1. The van der Waals surface area contributed by atoms with Crippen LogP contribution in [0.15, 0.2) is 119 Å². The Morgan fingerprint density at radius 3 is 2.16 bits per heavy atom. The SMILES string of the molecule is CN=C(N)N(c1cc2ccccc2o1)c1cc(CCCCN2CCN(C(c3ccccc3)c3ccccc3)CC2)ccc1OC. The number of nitrogens with two attached hydrogens (primary N) is 1. The maximum atomic E-state index is 6.43.